The normalized spacial score (nSPS) is 14.7. The maximum atomic E-state index is 13.2. The molecule has 0 N–H and O–H groups in total. The highest BCUT2D eigenvalue weighted by atomic mass is 32.2. The van der Waals surface area contributed by atoms with E-state index in [1.54, 1.807) is 4.31 Å². The monoisotopic (exact) mass is 620 g/mol. The Balaban J connectivity index is 1.29. The van der Waals surface area contributed by atoms with Crippen LogP contribution in [-0.2, 0) is 28.5 Å². The van der Waals surface area contributed by atoms with Crippen molar-refractivity contribution in [1.82, 2.24) is 13.9 Å². The number of alkyl halides is 3. The highest BCUT2D eigenvalue weighted by molar-refractivity contribution is 7.88. The molecule has 1 aromatic heterocycles. The summed E-state index contributed by atoms with van der Waals surface area (Å²) in [5, 5.41) is 0. The molecule has 4 aromatic carbocycles. The quantitative estimate of drug-likeness (QED) is 0.190. The summed E-state index contributed by atoms with van der Waals surface area (Å²) < 4.78 is 75.4. The van der Waals surface area contributed by atoms with E-state index in [0.717, 1.165) is 34.5 Å². The van der Waals surface area contributed by atoms with Crippen LogP contribution in [0.1, 0.15) is 22.3 Å². The van der Waals surface area contributed by atoms with Crippen LogP contribution >= 0.6 is 0 Å². The molecule has 2 heterocycles. The minimum absolute atomic E-state index is 0.0356. The number of aryl methyl sites for hydroxylation is 1. The second-order valence-corrected chi connectivity index (χ2v) is 12.8. The number of anilines is 1. The molecule has 0 aliphatic carbocycles. The third-order valence-corrected chi connectivity index (χ3v) is 9.69. The number of sulfonamides is 1. The van der Waals surface area contributed by atoms with Gasteiger partial charge >= 0.3 is 12.2 Å². The number of hydrogen-bond donors (Lipinski definition) is 0. The minimum Gasteiger partial charge on any atom is -0.425 e. The Hall–Kier alpha value is -4.35. The molecule has 0 atom stereocenters. The van der Waals surface area contributed by atoms with Gasteiger partial charge in [-0.15, -0.1) is 0 Å². The van der Waals surface area contributed by atoms with E-state index in [1.165, 1.54) is 12.1 Å². The summed E-state index contributed by atoms with van der Waals surface area (Å²) in [6.45, 7) is 3.97. The van der Waals surface area contributed by atoms with Gasteiger partial charge in [-0.25, -0.2) is 8.42 Å². The van der Waals surface area contributed by atoms with E-state index in [1.807, 2.05) is 84.3 Å². The molecule has 7 nitrogen and oxygen atoms in total. The number of ether oxygens (including phenoxy) is 1. The maximum Gasteiger partial charge on any atom is 0.416 e. The molecule has 0 spiro atoms. The van der Waals surface area contributed by atoms with Crippen LogP contribution in [0.25, 0.3) is 11.0 Å². The number of nitrogens with zero attached hydrogens (tertiary/aromatic N) is 4. The molecule has 11 heteroatoms. The zero-order valence-corrected chi connectivity index (χ0v) is 24.9. The fourth-order valence-electron chi connectivity index (χ4n) is 5.59. The largest absolute Gasteiger partial charge is 0.425 e. The van der Waals surface area contributed by atoms with E-state index in [2.05, 4.69) is 4.90 Å². The van der Waals surface area contributed by atoms with Gasteiger partial charge < -0.3 is 9.64 Å². The van der Waals surface area contributed by atoms with Gasteiger partial charge in [-0.1, -0.05) is 60.7 Å². The highest BCUT2D eigenvalue weighted by Crippen LogP contribution is 2.35. The number of halogens is 3. The summed E-state index contributed by atoms with van der Waals surface area (Å²) in [6.07, 6.45) is -4.42. The van der Waals surface area contributed by atoms with Crippen LogP contribution in [0.15, 0.2) is 97.1 Å². The topological polar surface area (TPSA) is 67.7 Å². The van der Waals surface area contributed by atoms with Crippen LogP contribution in [0, 0.1) is 6.92 Å². The number of hydrogen-bond acceptors (Lipinski definition) is 5. The van der Waals surface area contributed by atoms with Crippen molar-refractivity contribution >= 4 is 26.7 Å². The summed E-state index contributed by atoms with van der Waals surface area (Å²) in [7, 11) is -3.46. The lowest BCUT2D eigenvalue weighted by Gasteiger charge is -2.36. The predicted molar refractivity (Wildman–Crippen MR) is 164 cm³/mol. The average Bonchev–Trinajstić information content (AvgIpc) is 3.35. The van der Waals surface area contributed by atoms with Crippen molar-refractivity contribution in [2.24, 2.45) is 0 Å². The van der Waals surface area contributed by atoms with Crippen LogP contribution in [-0.4, -0.2) is 48.5 Å². The zero-order chi connectivity index (χ0) is 30.9. The van der Waals surface area contributed by atoms with Crippen LogP contribution < -0.4 is 9.64 Å². The second kappa shape index (κ2) is 12.0. The smallest absolute Gasteiger partial charge is 0.416 e. The Morgan fingerprint density at radius 3 is 2.07 bits per heavy atom. The Labute approximate surface area is 254 Å². The van der Waals surface area contributed by atoms with Gasteiger partial charge in [0.2, 0.25) is 10.0 Å². The molecule has 228 valence electrons. The highest BCUT2D eigenvalue weighted by Gasteiger charge is 2.31. The van der Waals surface area contributed by atoms with E-state index < -0.39 is 21.8 Å². The molecular weight excluding hydrogens is 589 g/mol. The molecule has 1 aliphatic heterocycles. The van der Waals surface area contributed by atoms with Gasteiger partial charge in [0.05, 0.1) is 28.9 Å². The third-order valence-electron chi connectivity index (χ3n) is 7.84. The van der Waals surface area contributed by atoms with Gasteiger partial charge in [-0.05, 0) is 60.0 Å². The fraction of sp³-hybridized carbons (Fsp3) is 0.242. The van der Waals surface area contributed by atoms with Crippen molar-refractivity contribution in [2.75, 3.05) is 31.1 Å². The first-order valence-electron chi connectivity index (χ1n) is 14.2. The number of rotatable bonds is 8. The van der Waals surface area contributed by atoms with E-state index in [0.29, 0.717) is 49.0 Å². The summed E-state index contributed by atoms with van der Waals surface area (Å²) >= 11 is 0. The number of imidazole rings is 1. The molecule has 1 aliphatic rings. The van der Waals surface area contributed by atoms with Gasteiger partial charge in [0.1, 0.15) is 5.75 Å². The molecule has 6 rings (SSSR count). The molecule has 44 heavy (non-hydrogen) atoms. The Kier molecular flexibility index (Phi) is 8.08. The molecule has 1 saturated heterocycles. The zero-order valence-electron chi connectivity index (χ0n) is 24.0. The predicted octanol–water partition coefficient (Wildman–Crippen LogP) is 6.86. The average molecular weight is 621 g/mol. The number of para-hydroxylation sites is 1. The molecular formula is C33H31F3N4O3S. The van der Waals surface area contributed by atoms with Crippen molar-refractivity contribution in [3.05, 3.63) is 119 Å². The Morgan fingerprint density at radius 2 is 1.43 bits per heavy atom. The third kappa shape index (κ3) is 6.29. The van der Waals surface area contributed by atoms with Crippen molar-refractivity contribution in [1.29, 1.82) is 0 Å². The first kappa shape index (κ1) is 29.7. The second-order valence-electron chi connectivity index (χ2n) is 10.8. The first-order chi connectivity index (χ1) is 21.1. The SMILES string of the molecule is Cc1c(N2CCN(S(=O)(=O)Cc3ccccc3)CC2)ccc2nc(Oc3ccccc3)n(Cc3ccc(C(F)(F)F)cc3)c12. The molecule has 0 unspecified atom stereocenters. The fourth-order valence-corrected chi connectivity index (χ4v) is 7.11. The lowest BCUT2D eigenvalue weighted by molar-refractivity contribution is -0.137. The summed E-state index contributed by atoms with van der Waals surface area (Å²) in [4.78, 5) is 6.91. The van der Waals surface area contributed by atoms with Crippen molar-refractivity contribution in [2.45, 2.75) is 25.4 Å². The van der Waals surface area contributed by atoms with Gasteiger partial charge in [0.15, 0.2) is 0 Å². The van der Waals surface area contributed by atoms with Crippen molar-refractivity contribution in [3.63, 3.8) is 0 Å². The van der Waals surface area contributed by atoms with E-state index in [-0.39, 0.29) is 12.3 Å². The van der Waals surface area contributed by atoms with Crippen molar-refractivity contribution < 1.29 is 26.3 Å². The molecule has 0 amide bonds. The standard InChI is InChI=1S/C33H31F3N4O3S/c1-24-30(38-18-20-39(21-19-38)44(41,42)23-26-8-4-2-5-9-26)17-16-29-31(24)40(32(37-29)43-28-10-6-3-7-11-28)22-25-12-14-27(15-13-25)33(34,35)36/h2-17H,18-23H2,1H3. The number of piperazine rings is 1. The molecule has 0 bridgehead atoms. The van der Waals surface area contributed by atoms with Gasteiger partial charge in [0, 0.05) is 31.9 Å². The van der Waals surface area contributed by atoms with Crippen LogP contribution in [0.3, 0.4) is 0 Å². The molecule has 0 radical (unpaired) electrons. The van der Waals surface area contributed by atoms with Crippen LogP contribution in [0.5, 0.6) is 11.8 Å². The molecule has 1 fully saturated rings. The maximum absolute atomic E-state index is 13.2. The van der Waals surface area contributed by atoms with Crippen LogP contribution in [0.4, 0.5) is 18.9 Å². The van der Waals surface area contributed by atoms with Gasteiger partial charge in [-0.3, -0.25) is 4.57 Å². The summed E-state index contributed by atoms with van der Waals surface area (Å²) in [5.74, 6) is 0.550. The number of benzene rings is 4. The van der Waals surface area contributed by atoms with Gasteiger partial charge in [-0.2, -0.15) is 22.5 Å². The summed E-state index contributed by atoms with van der Waals surface area (Å²) in [6, 6.07) is 27.6. The molecule has 5 aromatic rings. The number of fused-ring (bicyclic) bond motifs is 1. The Morgan fingerprint density at radius 1 is 0.795 bits per heavy atom. The van der Waals surface area contributed by atoms with E-state index in [4.69, 9.17) is 9.72 Å². The molecule has 0 saturated carbocycles. The minimum atomic E-state index is -4.42. The summed E-state index contributed by atoms with van der Waals surface area (Å²) in [5.41, 5.74) is 4.06. The van der Waals surface area contributed by atoms with Crippen LogP contribution in [0.2, 0.25) is 0 Å². The van der Waals surface area contributed by atoms with E-state index in [9.17, 15) is 21.6 Å². The van der Waals surface area contributed by atoms with E-state index >= 15 is 0 Å². The van der Waals surface area contributed by atoms with Crippen molar-refractivity contribution in [3.8, 4) is 11.8 Å². The lowest BCUT2D eigenvalue weighted by atomic mass is 10.1. The Bertz CT molecular complexity index is 1850. The number of aromatic nitrogens is 2. The van der Waals surface area contributed by atoms with Gasteiger partial charge in [0.25, 0.3) is 0 Å². The first-order valence-corrected chi connectivity index (χ1v) is 15.8. The lowest BCUT2D eigenvalue weighted by Crippen LogP contribution is -2.49.